The molecule has 1 nitrogen and oxygen atoms in total. The Morgan fingerprint density at radius 1 is 0.750 bits per heavy atom. The van der Waals surface area contributed by atoms with Crippen molar-refractivity contribution >= 4 is 58.0 Å². The largest absolute Gasteiger partial charge is 0.481 e. The van der Waals surface area contributed by atoms with Gasteiger partial charge in [0.25, 0.3) is 0 Å². The van der Waals surface area contributed by atoms with Crippen LogP contribution in [0.25, 0.3) is 0 Å². The van der Waals surface area contributed by atoms with E-state index in [4.69, 9.17) is 62.7 Å². The Bertz CT molecular complexity index is 560. The summed E-state index contributed by atoms with van der Waals surface area (Å²) in [6.07, 6.45) is -0.758. The minimum atomic E-state index is -1.62. The van der Waals surface area contributed by atoms with Crippen molar-refractivity contribution in [1.82, 2.24) is 0 Å². The average Bonchev–Trinajstić information content (AvgIpc) is 2.38. The minimum absolute atomic E-state index is 0.556. The number of halogens is 5. The maximum atomic E-state index is 6.00. The molecule has 0 saturated heterocycles. The smallest absolute Gasteiger partial charge is 0.230 e. The van der Waals surface area contributed by atoms with E-state index in [0.29, 0.717) is 21.4 Å². The van der Waals surface area contributed by atoms with E-state index in [1.165, 1.54) is 0 Å². The van der Waals surface area contributed by atoms with Gasteiger partial charge in [0.1, 0.15) is 5.75 Å². The first-order valence-electron chi connectivity index (χ1n) is 5.60. The first-order chi connectivity index (χ1) is 9.36. The molecule has 0 saturated carbocycles. The minimum Gasteiger partial charge on any atom is -0.481 e. The normalized spacial score (nSPS) is 13.1. The lowest BCUT2D eigenvalue weighted by Gasteiger charge is -2.26. The number of hydrogen-bond donors (Lipinski definition) is 0. The van der Waals surface area contributed by atoms with Gasteiger partial charge in [0, 0.05) is 10.0 Å². The monoisotopic (exact) mass is 368 g/mol. The van der Waals surface area contributed by atoms with Crippen LogP contribution >= 0.6 is 58.0 Å². The number of hydrogen-bond acceptors (Lipinski definition) is 1. The first kappa shape index (κ1) is 16.1. The van der Waals surface area contributed by atoms with Crippen LogP contribution in [-0.4, -0.2) is 3.79 Å². The SMILES string of the molecule is Clc1ccc(OC(c2ccc(Cl)cc2)C(Cl)(Cl)Cl)cc1. The van der Waals surface area contributed by atoms with Crippen LogP contribution in [0.15, 0.2) is 48.5 Å². The second kappa shape index (κ2) is 6.64. The summed E-state index contributed by atoms with van der Waals surface area (Å²) in [6, 6.07) is 13.8. The average molecular weight is 370 g/mol. The summed E-state index contributed by atoms with van der Waals surface area (Å²) in [5, 5.41) is 1.21. The fraction of sp³-hybridized carbons (Fsp3) is 0.143. The van der Waals surface area contributed by atoms with E-state index in [9.17, 15) is 0 Å². The van der Waals surface area contributed by atoms with Gasteiger partial charge in [0.2, 0.25) is 3.79 Å². The van der Waals surface area contributed by atoms with E-state index in [2.05, 4.69) is 0 Å². The molecule has 2 rings (SSSR count). The highest BCUT2D eigenvalue weighted by Crippen LogP contribution is 2.43. The summed E-state index contributed by atoms with van der Waals surface area (Å²) in [5.41, 5.74) is 0.712. The Labute approximate surface area is 142 Å². The second-order valence-electron chi connectivity index (χ2n) is 4.04. The molecule has 0 heterocycles. The van der Waals surface area contributed by atoms with Crippen LogP contribution in [0.4, 0.5) is 0 Å². The van der Waals surface area contributed by atoms with Gasteiger partial charge in [-0.15, -0.1) is 0 Å². The molecular weight excluding hydrogens is 361 g/mol. The third-order valence-electron chi connectivity index (χ3n) is 2.54. The summed E-state index contributed by atoms with van der Waals surface area (Å²) in [4.78, 5) is 0. The van der Waals surface area contributed by atoms with Crippen LogP contribution < -0.4 is 4.74 Å². The van der Waals surface area contributed by atoms with Crippen molar-refractivity contribution in [2.75, 3.05) is 0 Å². The standard InChI is InChI=1S/C14H9Cl5O/c15-10-3-1-9(2-4-10)13(14(17,18)19)20-12-7-5-11(16)6-8-12/h1-8,13H. The Morgan fingerprint density at radius 2 is 1.20 bits per heavy atom. The van der Waals surface area contributed by atoms with Gasteiger partial charge < -0.3 is 4.74 Å². The van der Waals surface area contributed by atoms with E-state index in [1.807, 2.05) is 0 Å². The third-order valence-corrected chi connectivity index (χ3v) is 3.64. The van der Waals surface area contributed by atoms with Crippen molar-refractivity contribution in [2.24, 2.45) is 0 Å². The number of alkyl halides is 3. The lowest BCUT2D eigenvalue weighted by atomic mass is 10.1. The highest BCUT2D eigenvalue weighted by molar-refractivity contribution is 6.68. The summed E-state index contributed by atoms with van der Waals surface area (Å²) < 4.78 is 4.14. The number of ether oxygens (including phenoxy) is 1. The Hall–Kier alpha value is -0.310. The second-order valence-corrected chi connectivity index (χ2v) is 7.29. The zero-order valence-corrected chi connectivity index (χ0v) is 13.8. The fourth-order valence-corrected chi connectivity index (χ4v) is 2.37. The molecule has 0 radical (unpaired) electrons. The molecule has 0 aliphatic carbocycles. The molecule has 0 amide bonds. The topological polar surface area (TPSA) is 9.23 Å². The molecule has 1 unspecified atom stereocenters. The molecule has 6 heteroatoms. The summed E-state index contributed by atoms with van der Waals surface area (Å²) in [7, 11) is 0. The van der Waals surface area contributed by atoms with Crippen LogP contribution in [0.2, 0.25) is 10.0 Å². The van der Waals surface area contributed by atoms with Gasteiger partial charge in [-0.2, -0.15) is 0 Å². The van der Waals surface area contributed by atoms with Gasteiger partial charge in [-0.05, 0) is 42.0 Å². The molecule has 0 aromatic heterocycles. The molecule has 2 aromatic carbocycles. The van der Waals surface area contributed by atoms with Gasteiger partial charge in [0.05, 0.1) is 0 Å². The van der Waals surface area contributed by atoms with Crippen LogP contribution in [-0.2, 0) is 0 Å². The van der Waals surface area contributed by atoms with Crippen molar-refractivity contribution in [3.63, 3.8) is 0 Å². The lowest BCUT2D eigenvalue weighted by Crippen LogP contribution is -2.23. The zero-order valence-electron chi connectivity index (χ0n) is 9.99. The van der Waals surface area contributed by atoms with Crippen LogP contribution in [0.5, 0.6) is 5.75 Å². The Kier molecular flexibility index (Phi) is 5.33. The number of benzene rings is 2. The highest BCUT2D eigenvalue weighted by atomic mass is 35.6. The van der Waals surface area contributed by atoms with Crippen molar-refractivity contribution in [2.45, 2.75) is 9.90 Å². The summed E-state index contributed by atoms with van der Waals surface area (Å²) in [6.45, 7) is 0. The molecule has 0 aliphatic rings. The van der Waals surface area contributed by atoms with Gasteiger partial charge in [-0.3, -0.25) is 0 Å². The van der Waals surface area contributed by atoms with Crippen molar-refractivity contribution in [1.29, 1.82) is 0 Å². The van der Waals surface area contributed by atoms with Crippen LogP contribution in [0.1, 0.15) is 11.7 Å². The van der Waals surface area contributed by atoms with Gasteiger partial charge in [-0.1, -0.05) is 70.1 Å². The molecule has 0 spiro atoms. The Morgan fingerprint density at radius 3 is 1.65 bits per heavy atom. The summed E-state index contributed by atoms with van der Waals surface area (Å²) in [5.74, 6) is 0.556. The molecule has 20 heavy (non-hydrogen) atoms. The number of rotatable bonds is 3. The van der Waals surface area contributed by atoms with Crippen molar-refractivity contribution in [3.05, 3.63) is 64.1 Å². The molecular formula is C14H9Cl5O. The third kappa shape index (κ3) is 4.34. The first-order valence-corrected chi connectivity index (χ1v) is 7.49. The maximum absolute atomic E-state index is 6.00. The molecule has 0 bridgehead atoms. The Balaban J connectivity index is 2.29. The molecule has 0 N–H and O–H groups in total. The maximum Gasteiger partial charge on any atom is 0.230 e. The van der Waals surface area contributed by atoms with Crippen molar-refractivity contribution in [3.8, 4) is 5.75 Å². The lowest BCUT2D eigenvalue weighted by molar-refractivity contribution is 0.210. The van der Waals surface area contributed by atoms with E-state index in [0.717, 1.165) is 0 Å². The highest BCUT2D eigenvalue weighted by Gasteiger charge is 2.36. The molecule has 0 fully saturated rings. The van der Waals surface area contributed by atoms with E-state index < -0.39 is 9.90 Å². The van der Waals surface area contributed by atoms with Gasteiger partial charge in [0.15, 0.2) is 6.10 Å². The molecule has 106 valence electrons. The fourth-order valence-electron chi connectivity index (χ4n) is 1.61. The summed E-state index contributed by atoms with van der Waals surface area (Å²) >= 11 is 29.7. The zero-order chi connectivity index (χ0) is 14.8. The van der Waals surface area contributed by atoms with E-state index >= 15 is 0 Å². The van der Waals surface area contributed by atoms with E-state index in [1.54, 1.807) is 48.5 Å². The van der Waals surface area contributed by atoms with E-state index in [-0.39, 0.29) is 0 Å². The predicted molar refractivity (Wildman–Crippen MR) is 86.6 cm³/mol. The van der Waals surface area contributed by atoms with Crippen molar-refractivity contribution < 1.29 is 4.74 Å². The molecule has 1 atom stereocenters. The quantitative estimate of drug-likeness (QED) is 0.562. The molecule has 0 aliphatic heterocycles. The van der Waals surface area contributed by atoms with Crippen LogP contribution in [0.3, 0.4) is 0 Å². The van der Waals surface area contributed by atoms with Gasteiger partial charge in [-0.25, -0.2) is 0 Å². The predicted octanol–water partition coefficient (Wildman–Crippen LogP) is 6.48. The molecule has 2 aromatic rings. The van der Waals surface area contributed by atoms with Crippen LogP contribution in [0, 0.1) is 0 Å². The van der Waals surface area contributed by atoms with Gasteiger partial charge >= 0.3 is 0 Å².